The Bertz CT molecular complexity index is 1020. The average Bonchev–Trinajstić information content (AvgIpc) is 3.01. The van der Waals surface area contributed by atoms with Crippen molar-refractivity contribution in [2.24, 2.45) is 0 Å². The summed E-state index contributed by atoms with van der Waals surface area (Å²) < 4.78 is 40.5. The first-order valence-corrected chi connectivity index (χ1v) is 9.24. The minimum Gasteiger partial charge on any atom is -0.369 e. The molecule has 0 saturated carbocycles. The number of fused-ring (bicyclic) bond motifs is 1. The quantitative estimate of drug-likeness (QED) is 0.693. The number of para-hydroxylation sites is 2. The van der Waals surface area contributed by atoms with Crippen LogP contribution >= 0.6 is 12.4 Å². The fourth-order valence-corrected chi connectivity index (χ4v) is 3.68. The van der Waals surface area contributed by atoms with Gasteiger partial charge in [0.15, 0.2) is 0 Å². The molecular weight excluding hydrogens is 405 g/mol. The molecule has 0 spiro atoms. The second kappa shape index (κ2) is 8.51. The highest BCUT2D eigenvalue weighted by Crippen LogP contribution is 2.31. The summed E-state index contributed by atoms with van der Waals surface area (Å²) in [7, 11) is 0. The summed E-state index contributed by atoms with van der Waals surface area (Å²) in [6.45, 7) is 4.10. The van der Waals surface area contributed by atoms with E-state index in [-0.39, 0.29) is 18.1 Å². The van der Waals surface area contributed by atoms with Crippen LogP contribution in [-0.2, 0) is 12.7 Å². The maximum atomic E-state index is 12.9. The van der Waals surface area contributed by atoms with Gasteiger partial charge < -0.3 is 9.88 Å². The zero-order valence-electron chi connectivity index (χ0n) is 15.7. The lowest BCUT2D eigenvalue weighted by molar-refractivity contribution is -0.137. The van der Waals surface area contributed by atoms with Gasteiger partial charge >= 0.3 is 11.9 Å². The SMILES string of the molecule is Cl.O=c1[nH]c2ccccc2n1CCN1CCN(c2cccc(C(F)(F)F)c2)CC1. The van der Waals surface area contributed by atoms with Gasteiger partial charge in [-0.1, -0.05) is 18.2 Å². The van der Waals surface area contributed by atoms with Crippen LogP contribution in [0.1, 0.15) is 5.56 Å². The van der Waals surface area contributed by atoms with Crippen molar-refractivity contribution in [2.45, 2.75) is 12.7 Å². The molecule has 3 aromatic rings. The predicted molar refractivity (Wildman–Crippen MR) is 110 cm³/mol. The Kier molecular flexibility index (Phi) is 6.24. The molecule has 2 aromatic carbocycles. The molecule has 9 heteroatoms. The number of nitrogens with one attached hydrogen (secondary N) is 1. The van der Waals surface area contributed by atoms with Crippen LogP contribution in [0.5, 0.6) is 0 Å². The molecule has 29 heavy (non-hydrogen) atoms. The third-order valence-corrected chi connectivity index (χ3v) is 5.23. The number of aromatic nitrogens is 2. The number of hydrogen-bond acceptors (Lipinski definition) is 3. The van der Waals surface area contributed by atoms with Crippen LogP contribution in [-0.4, -0.2) is 47.2 Å². The first-order chi connectivity index (χ1) is 13.4. The molecule has 1 fully saturated rings. The van der Waals surface area contributed by atoms with E-state index >= 15 is 0 Å². The number of imidazole rings is 1. The molecular formula is C20H22ClF3N4O. The summed E-state index contributed by atoms with van der Waals surface area (Å²) in [6.07, 6.45) is -4.33. The van der Waals surface area contributed by atoms with Crippen LogP contribution in [0.4, 0.5) is 18.9 Å². The summed E-state index contributed by atoms with van der Waals surface area (Å²) in [4.78, 5) is 19.2. The molecule has 0 radical (unpaired) electrons. The smallest absolute Gasteiger partial charge is 0.369 e. The van der Waals surface area contributed by atoms with Crippen molar-refractivity contribution in [1.29, 1.82) is 0 Å². The fraction of sp³-hybridized carbons (Fsp3) is 0.350. The van der Waals surface area contributed by atoms with Crippen molar-refractivity contribution in [3.05, 3.63) is 64.6 Å². The number of hydrogen-bond donors (Lipinski definition) is 1. The average molecular weight is 427 g/mol. The van der Waals surface area contributed by atoms with Crippen molar-refractivity contribution in [2.75, 3.05) is 37.6 Å². The molecule has 5 nitrogen and oxygen atoms in total. The summed E-state index contributed by atoms with van der Waals surface area (Å²) in [5.41, 5.74) is 1.56. The largest absolute Gasteiger partial charge is 0.416 e. The number of alkyl halides is 3. The molecule has 0 atom stereocenters. The van der Waals surface area contributed by atoms with Gasteiger partial charge in [0.25, 0.3) is 0 Å². The molecule has 0 unspecified atom stereocenters. The molecule has 1 aliphatic heterocycles. The minimum atomic E-state index is -4.33. The fourth-order valence-electron chi connectivity index (χ4n) is 3.68. The van der Waals surface area contributed by atoms with E-state index in [1.165, 1.54) is 12.1 Å². The monoisotopic (exact) mass is 426 g/mol. The summed E-state index contributed by atoms with van der Waals surface area (Å²) in [5, 5.41) is 0. The molecule has 1 aromatic heterocycles. The van der Waals surface area contributed by atoms with Gasteiger partial charge in [-0.05, 0) is 30.3 Å². The summed E-state index contributed by atoms with van der Waals surface area (Å²) in [5.74, 6) is 0. The summed E-state index contributed by atoms with van der Waals surface area (Å²) >= 11 is 0. The van der Waals surface area contributed by atoms with Gasteiger partial charge in [0.1, 0.15) is 0 Å². The molecule has 0 bridgehead atoms. The van der Waals surface area contributed by atoms with Gasteiger partial charge in [-0.2, -0.15) is 13.2 Å². The topological polar surface area (TPSA) is 44.3 Å². The summed E-state index contributed by atoms with van der Waals surface area (Å²) in [6, 6.07) is 13.1. The van der Waals surface area contributed by atoms with E-state index in [0.717, 1.165) is 36.7 Å². The van der Waals surface area contributed by atoms with E-state index in [2.05, 4.69) is 9.88 Å². The van der Waals surface area contributed by atoms with E-state index in [0.29, 0.717) is 25.3 Å². The number of nitrogens with zero attached hydrogens (tertiary/aromatic N) is 3. The third kappa shape index (κ3) is 4.59. The van der Waals surface area contributed by atoms with Gasteiger partial charge in [-0.3, -0.25) is 9.47 Å². The zero-order chi connectivity index (χ0) is 19.7. The molecule has 1 saturated heterocycles. The Labute approximate surface area is 172 Å². The highest BCUT2D eigenvalue weighted by molar-refractivity contribution is 5.85. The van der Waals surface area contributed by atoms with Crippen LogP contribution in [0.15, 0.2) is 53.3 Å². The molecule has 1 aliphatic rings. The van der Waals surface area contributed by atoms with Crippen LogP contribution in [0.2, 0.25) is 0 Å². The van der Waals surface area contributed by atoms with Crippen molar-refractivity contribution in [3.63, 3.8) is 0 Å². The highest BCUT2D eigenvalue weighted by Gasteiger charge is 2.31. The van der Waals surface area contributed by atoms with Crippen molar-refractivity contribution in [1.82, 2.24) is 14.5 Å². The lowest BCUT2D eigenvalue weighted by Crippen LogP contribution is -2.47. The Morgan fingerprint density at radius 1 is 0.931 bits per heavy atom. The van der Waals surface area contributed by atoms with Crippen molar-refractivity contribution < 1.29 is 13.2 Å². The zero-order valence-corrected chi connectivity index (χ0v) is 16.5. The van der Waals surface area contributed by atoms with E-state index in [9.17, 15) is 18.0 Å². The minimum absolute atomic E-state index is 0. The predicted octanol–water partition coefficient (Wildman–Crippen LogP) is 3.59. The Hall–Kier alpha value is -2.45. The van der Waals surface area contributed by atoms with E-state index in [1.807, 2.05) is 29.2 Å². The van der Waals surface area contributed by atoms with Gasteiger partial charge in [-0.15, -0.1) is 12.4 Å². The van der Waals surface area contributed by atoms with Gasteiger partial charge in [-0.25, -0.2) is 4.79 Å². The Morgan fingerprint density at radius 2 is 1.66 bits per heavy atom. The maximum absolute atomic E-state index is 12.9. The third-order valence-electron chi connectivity index (χ3n) is 5.23. The number of rotatable bonds is 4. The standard InChI is InChI=1S/C20H21F3N4O.ClH/c21-20(22,23)15-4-3-5-16(14-15)26-11-8-25(9-12-26)10-13-27-18-7-2-1-6-17(18)24-19(27)28;/h1-7,14H,8-13H2,(H,24,28);1H. The lowest BCUT2D eigenvalue weighted by atomic mass is 10.1. The number of aromatic amines is 1. The second-order valence-electron chi connectivity index (χ2n) is 6.98. The highest BCUT2D eigenvalue weighted by atomic mass is 35.5. The first kappa shape index (κ1) is 21.3. The normalized spacial score (nSPS) is 15.5. The number of anilines is 1. The molecule has 156 valence electrons. The van der Waals surface area contributed by atoms with Crippen molar-refractivity contribution in [3.8, 4) is 0 Å². The number of benzene rings is 2. The Balaban J connectivity index is 0.00000240. The Morgan fingerprint density at radius 3 is 2.38 bits per heavy atom. The number of halogens is 4. The van der Waals surface area contributed by atoms with Gasteiger partial charge in [0, 0.05) is 45.0 Å². The van der Waals surface area contributed by atoms with Gasteiger partial charge in [0.2, 0.25) is 0 Å². The number of piperazine rings is 1. The van der Waals surface area contributed by atoms with E-state index in [4.69, 9.17) is 0 Å². The van der Waals surface area contributed by atoms with Gasteiger partial charge in [0.05, 0.1) is 16.6 Å². The van der Waals surface area contributed by atoms with Crippen LogP contribution < -0.4 is 10.6 Å². The van der Waals surface area contributed by atoms with E-state index in [1.54, 1.807) is 10.6 Å². The molecule has 2 heterocycles. The maximum Gasteiger partial charge on any atom is 0.416 e. The molecule has 1 N–H and O–H groups in total. The lowest BCUT2D eigenvalue weighted by Gasteiger charge is -2.36. The molecule has 0 amide bonds. The van der Waals surface area contributed by atoms with E-state index < -0.39 is 11.7 Å². The van der Waals surface area contributed by atoms with Crippen LogP contribution in [0, 0.1) is 0 Å². The van der Waals surface area contributed by atoms with Crippen LogP contribution in [0.25, 0.3) is 11.0 Å². The first-order valence-electron chi connectivity index (χ1n) is 9.24. The molecule has 4 rings (SSSR count). The second-order valence-corrected chi connectivity index (χ2v) is 6.98. The van der Waals surface area contributed by atoms with Crippen molar-refractivity contribution >= 4 is 29.1 Å². The number of H-pyrrole nitrogens is 1. The molecule has 0 aliphatic carbocycles. The van der Waals surface area contributed by atoms with Crippen LogP contribution in [0.3, 0.4) is 0 Å².